The Kier molecular flexibility index (Phi) is 5.41. The molecule has 0 unspecified atom stereocenters. The zero-order chi connectivity index (χ0) is 18.6. The number of imide groups is 1. The van der Waals surface area contributed by atoms with E-state index in [0.717, 1.165) is 4.90 Å². The molecule has 1 atom stereocenters. The van der Waals surface area contributed by atoms with Crippen LogP contribution in [0.25, 0.3) is 0 Å². The molecule has 1 saturated heterocycles. The van der Waals surface area contributed by atoms with Crippen molar-refractivity contribution < 1.29 is 24.3 Å². The fraction of sp³-hybridized carbons (Fsp3) is 0.412. The minimum absolute atomic E-state index is 0.00804. The molecule has 1 fully saturated rings. The monoisotopic (exact) mass is 347 g/mol. The number of carboxylic acid groups (broad SMARTS) is 1. The summed E-state index contributed by atoms with van der Waals surface area (Å²) in [5.41, 5.74) is -0.472. The Labute approximate surface area is 145 Å². The Morgan fingerprint density at radius 1 is 1.24 bits per heavy atom. The molecular formula is C17H21N3O5. The van der Waals surface area contributed by atoms with Crippen LogP contribution < -0.4 is 10.6 Å². The summed E-state index contributed by atoms with van der Waals surface area (Å²) in [6, 6.07) is 6.76. The second-order valence-corrected chi connectivity index (χ2v) is 6.36. The predicted octanol–water partition coefficient (Wildman–Crippen LogP) is 1.04. The van der Waals surface area contributed by atoms with E-state index < -0.39 is 29.5 Å². The summed E-state index contributed by atoms with van der Waals surface area (Å²) in [6.45, 7) is 3.32. The second kappa shape index (κ2) is 7.33. The van der Waals surface area contributed by atoms with Crippen molar-refractivity contribution in [2.45, 2.75) is 38.3 Å². The van der Waals surface area contributed by atoms with Crippen LogP contribution in [0, 0.1) is 0 Å². The summed E-state index contributed by atoms with van der Waals surface area (Å²) in [5.74, 6) is -1.96. The average molecular weight is 347 g/mol. The minimum Gasteiger partial charge on any atom is -0.479 e. The largest absolute Gasteiger partial charge is 0.479 e. The Hall–Kier alpha value is -2.90. The number of carboxylic acids is 1. The number of amides is 4. The van der Waals surface area contributed by atoms with Crippen LogP contribution in [0.2, 0.25) is 0 Å². The molecule has 3 N–H and O–H groups in total. The van der Waals surface area contributed by atoms with Gasteiger partial charge in [0, 0.05) is 13.0 Å². The third kappa shape index (κ3) is 4.34. The van der Waals surface area contributed by atoms with Gasteiger partial charge in [-0.05, 0) is 25.8 Å². The van der Waals surface area contributed by atoms with E-state index in [1.807, 2.05) is 0 Å². The molecule has 0 radical (unpaired) electrons. The third-order valence-electron chi connectivity index (χ3n) is 3.92. The molecule has 1 heterocycles. The Morgan fingerprint density at radius 2 is 1.88 bits per heavy atom. The van der Waals surface area contributed by atoms with E-state index in [2.05, 4.69) is 10.6 Å². The molecule has 1 aromatic rings. The topological polar surface area (TPSA) is 116 Å². The van der Waals surface area contributed by atoms with Crippen molar-refractivity contribution >= 4 is 23.8 Å². The van der Waals surface area contributed by atoms with Crippen molar-refractivity contribution in [3.63, 3.8) is 0 Å². The van der Waals surface area contributed by atoms with Crippen molar-refractivity contribution in [3.8, 4) is 0 Å². The van der Waals surface area contributed by atoms with Crippen LogP contribution in [0.5, 0.6) is 0 Å². The highest BCUT2D eigenvalue weighted by Gasteiger charge is 2.43. The van der Waals surface area contributed by atoms with Gasteiger partial charge in [0.15, 0.2) is 6.04 Å². The van der Waals surface area contributed by atoms with Crippen LogP contribution in [0.1, 0.15) is 38.3 Å². The van der Waals surface area contributed by atoms with Crippen molar-refractivity contribution in [3.05, 3.63) is 35.9 Å². The lowest BCUT2D eigenvalue weighted by Gasteiger charge is -2.17. The zero-order valence-electron chi connectivity index (χ0n) is 14.1. The molecule has 8 heteroatoms. The summed E-state index contributed by atoms with van der Waals surface area (Å²) < 4.78 is 0. The number of hydrogen-bond acceptors (Lipinski definition) is 4. The van der Waals surface area contributed by atoms with E-state index in [-0.39, 0.29) is 25.3 Å². The van der Waals surface area contributed by atoms with E-state index in [0.29, 0.717) is 5.56 Å². The van der Waals surface area contributed by atoms with Gasteiger partial charge in [0.25, 0.3) is 5.91 Å². The summed E-state index contributed by atoms with van der Waals surface area (Å²) in [6.07, 6.45) is 0.260. The number of carbonyl (C=O) groups is 4. The average Bonchev–Trinajstić information content (AvgIpc) is 2.74. The molecule has 1 aliphatic rings. The van der Waals surface area contributed by atoms with Gasteiger partial charge in [0.2, 0.25) is 5.91 Å². The maximum Gasteiger partial charge on any atom is 0.330 e. The van der Waals surface area contributed by atoms with Gasteiger partial charge >= 0.3 is 12.0 Å². The number of hydrogen-bond donors (Lipinski definition) is 3. The van der Waals surface area contributed by atoms with Gasteiger partial charge in [0.1, 0.15) is 5.54 Å². The number of carbonyl (C=O) groups excluding carboxylic acids is 3. The minimum atomic E-state index is -1.16. The molecule has 1 aromatic carbocycles. The first kappa shape index (κ1) is 18.4. The van der Waals surface area contributed by atoms with E-state index in [1.54, 1.807) is 44.2 Å². The summed E-state index contributed by atoms with van der Waals surface area (Å²) in [5, 5.41) is 14.3. The number of benzene rings is 1. The quantitative estimate of drug-likeness (QED) is 0.637. The van der Waals surface area contributed by atoms with Gasteiger partial charge < -0.3 is 15.7 Å². The molecule has 0 bridgehead atoms. The molecule has 0 saturated carbocycles. The highest BCUT2D eigenvalue weighted by Crippen LogP contribution is 2.17. The molecule has 25 heavy (non-hydrogen) atoms. The van der Waals surface area contributed by atoms with Crippen LogP contribution in [0.15, 0.2) is 30.3 Å². The third-order valence-corrected chi connectivity index (χ3v) is 3.92. The van der Waals surface area contributed by atoms with Gasteiger partial charge in [-0.15, -0.1) is 0 Å². The number of urea groups is 1. The zero-order valence-corrected chi connectivity index (χ0v) is 14.1. The number of nitrogens with one attached hydrogen (secondary N) is 2. The smallest absolute Gasteiger partial charge is 0.330 e. The fourth-order valence-corrected chi connectivity index (χ4v) is 2.59. The van der Waals surface area contributed by atoms with E-state index in [9.17, 15) is 24.3 Å². The van der Waals surface area contributed by atoms with Crippen molar-refractivity contribution in [2.24, 2.45) is 0 Å². The van der Waals surface area contributed by atoms with E-state index in [1.165, 1.54) is 0 Å². The maximum absolute atomic E-state index is 12.0. The fourth-order valence-electron chi connectivity index (χ4n) is 2.59. The van der Waals surface area contributed by atoms with Crippen LogP contribution >= 0.6 is 0 Å². The SMILES string of the molecule is CC1(C)NC(=O)N(CCCC(=O)N[C@@H](C(=O)O)c2ccccc2)C1=O. The van der Waals surface area contributed by atoms with Gasteiger partial charge in [0.05, 0.1) is 0 Å². The lowest BCUT2D eigenvalue weighted by molar-refractivity contribution is -0.142. The number of rotatable bonds is 7. The van der Waals surface area contributed by atoms with Crippen LogP contribution in [-0.4, -0.2) is 45.9 Å². The molecule has 8 nitrogen and oxygen atoms in total. The summed E-state index contributed by atoms with van der Waals surface area (Å²) in [7, 11) is 0. The first-order chi connectivity index (χ1) is 11.7. The second-order valence-electron chi connectivity index (χ2n) is 6.36. The lowest BCUT2D eigenvalue weighted by Crippen LogP contribution is -2.40. The summed E-state index contributed by atoms with van der Waals surface area (Å²) >= 11 is 0. The first-order valence-electron chi connectivity index (χ1n) is 7.93. The molecule has 1 aliphatic heterocycles. The van der Waals surface area contributed by atoms with Gasteiger partial charge in [-0.1, -0.05) is 30.3 Å². The summed E-state index contributed by atoms with van der Waals surface area (Å²) in [4.78, 5) is 48.2. The Bertz CT molecular complexity index is 687. The van der Waals surface area contributed by atoms with Gasteiger partial charge in [-0.3, -0.25) is 14.5 Å². The van der Waals surface area contributed by atoms with Crippen LogP contribution in [-0.2, 0) is 14.4 Å². The van der Waals surface area contributed by atoms with E-state index >= 15 is 0 Å². The van der Waals surface area contributed by atoms with E-state index in [4.69, 9.17) is 0 Å². The highest BCUT2D eigenvalue weighted by molar-refractivity contribution is 6.06. The van der Waals surface area contributed by atoms with Crippen molar-refractivity contribution in [1.82, 2.24) is 15.5 Å². The maximum atomic E-state index is 12.0. The Morgan fingerprint density at radius 3 is 2.40 bits per heavy atom. The normalized spacial score (nSPS) is 17.1. The first-order valence-corrected chi connectivity index (χ1v) is 7.93. The van der Waals surface area contributed by atoms with Crippen molar-refractivity contribution in [2.75, 3.05) is 6.54 Å². The lowest BCUT2D eigenvalue weighted by atomic mass is 10.1. The number of nitrogens with zero attached hydrogens (tertiary/aromatic N) is 1. The van der Waals surface area contributed by atoms with Gasteiger partial charge in [-0.25, -0.2) is 9.59 Å². The molecule has 0 aromatic heterocycles. The van der Waals surface area contributed by atoms with Crippen LogP contribution in [0.4, 0.5) is 4.79 Å². The molecule has 4 amide bonds. The van der Waals surface area contributed by atoms with Gasteiger partial charge in [-0.2, -0.15) is 0 Å². The standard InChI is InChI=1S/C17H21N3O5/c1-17(2)15(24)20(16(25)19-17)10-6-9-12(21)18-13(14(22)23)11-7-4-3-5-8-11/h3-5,7-8,13H,6,9-10H2,1-2H3,(H,18,21)(H,19,25)(H,22,23)/t13-/m1/s1. The molecule has 2 rings (SSSR count). The van der Waals surface area contributed by atoms with Crippen molar-refractivity contribution in [1.29, 1.82) is 0 Å². The highest BCUT2D eigenvalue weighted by atomic mass is 16.4. The molecule has 0 aliphatic carbocycles. The Balaban J connectivity index is 1.87. The molecule has 134 valence electrons. The predicted molar refractivity (Wildman–Crippen MR) is 88.5 cm³/mol. The molecule has 0 spiro atoms. The molecular weight excluding hydrogens is 326 g/mol. The number of aliphatic carboxylic acids is 1. The van der Waals surface area contributed by atoms with Crippen LogP contribution in [0.3, 0.4) is 0 Å².